The number of rotatable bonds is 2. The highest BCUT2D eigenvalue weighted by molar-refractivity contribution is 5.65. The van der Waals surface area contributed by atoms with Gasteiger partial charge in [0.1, 0.15) is 0 Å². The van der Waals surface area contributed by atoms with Gasteiger partial charge in [0, 0.05) is 25.4 Å². The van der Waals surface area contributed by atoms with Gasteiger partial charge in [-0.3, -0.25) is 0 Å². The lowest BCUT2D eigenvalue weighted by Crippen LogP contribution is -2.09. The van der Waals surface area contributed by atoms with Gasteiger partial charge in [0.2, 0.25) is 0 Å². The Bertz CT molecular complexity index is 324. The van der Waals surface area contributed by atoms with Gasteiger partial charge in [-0.25, -0.2) is 0 Å². The molecular weight excluding hydrogens is 158 g/mol. The maximum Gasteiger partial charge on any atom is 0.0364 e. The van der Waals surface area contributed by atoms with Crippen LogP contribution in [0, 0.1) is 13.8 Å². The zero-order chi connectivity index (χ0) is 10.0. The van der Waals surface area contributed by atoms with Crippen molar-refractivity contribution >= 4 is 5.70 Å². The van der Waals surface area contributed by atoms with Gasteiger partial charge in [-0.15, -0.1) is 0 Å². The lowest BCUT2D eigenvalue weighted by molar-refractivity contribution is 0.593. The second kappa shape index (κ2) is 3.65. The fraction of sp³-hybridized carbons (Fsp3) is 0.333. The first-order valence-electron chi connectivity index (χ1n) is 4.46. The molecular formula is C12H17N. The molecule has 0 aliphatic heterocycles. The average molecular weight is 175 g/mol. The number of nitrogens with zero attached hydrogens (tertiary/aromatic N) is 1. The monoisotopic (exact) mass is 175 g/mol. The molecule has 0 aromatic heterocycles. The Morgan fingerprint density at radius 3 is 2.38 bits per heavy atom. The normalized spacial score (nSPS) is 9.85. The van der Waals surface area contributed by atoms with E-state index in [4.69, 9.17) is 0 Å². The Hall–Kier alpha value is -1.24. The summed E-state index contributed by atoms with van der Waals surface area (Å²) in [6.45, 7) is 8.27. The molecule has 0 aliphatic carbocycles. The van der Waals surface area contributed by atoms with Gasteiger partial charge in [0.05, 0.1) is 0 Å². The van der Waals surface area contributed by atoms with E-state index in [0.29, 0.717) is 0 Å². The molecule has 1 rings (SSSR count). The minimum Gasteiger partial charge on any atom is -0.378 e. The van der Waals surface area contributed by atoms with Crippen molar-refractivity contribution in [2.24, 2.45) is 0 Å². The fourth-order valence-electron chi connectivity index (χ4n) is 1.29. The molecule has 0 saturated carbocycles. The van der Waals surface area contributed by atoms with Crippen LogP contribution in [0.3, 0.4) is 0 Å². The van der Waals surface area contributed by atoms with E-state index in [-0.39, 0.29) is 0 Å². The molecule has 0 bridgehead atoms. The largest absolute Gasteiger partial charge is 0.378 e. The van der Waals surface area contributed by atoms with Crippen molar-refractivity contribution in [2.45, 2.75) is 13.8 Å². The Morgan fingerprint density at radius 1 is 1.23 bits per heavy atom. The number of hydrogen-bond donors (Lipinski definition) is 0. The smallest absolute Gasteiger partial charge is 0.0364 e. The van der Waals surface area contributed by atoms with Gasteiger partial charge in [0.25, 0.3) is 0 Å². The van der Waals surface area contributed by atoms with E-state index in [1.54, 1.807) is 0 Å². The molecule has 1 aromatic carbocycles. The molecule has 0 saturated heterocycles. The van der Waals surface area contributed by atoms with Crippen molar-refractivity contribution in [3.8, 4) is 0 Å². The van der Waals surface area contributed by atoms with Crippen LogP contribution in [-0.2, 0) is 0 Å². The summed E-state index contributed by atoms with van der Waals surface area (Å²) in [5.41, 5.74) is 4.87. The molecule has 0 heterocycles. The second-order valence-corrected chi connectivity index (χ2v) is 3.66. The highest BCUT2D eigenvalue weighted by Crippen LogP contribution is 2.19. The quantitative estimate of drug-likeness (QED) is 0.668. The van der Waals surface area contributed by atoms with Crippen LogP contribution in [0.5, 0.6) is 0 Å². The predicted molar refractivity (Wildman–Crippen MR) is 58.6 cm³/mol. The summed E-state index contributed by atoms with van der Waals surface area (Å²) >= 11 is 0. The first kappa shape index (κ1) is 9.85. The van der Waals surface area contributed by atoms with Crippen LogP contribution < -0.4 is 0 Å². The molecule has 70 valence electrons. The van der Waals surface area contributed by atoms with Gasteiger partial charge in [-0.1, -0.05) is 24.3 Å². The van der Waals surface area contributed by atoms with Gasteiger partial charge >= 0.3 is 0 Å². The molecule has 0 fully saturated rings. The lowest BCUT2D eigenvalue weighted by atomic mass is 10.0. The predicted octanol–water partition coefficient (Wildman–Crippen LogP) is 2.84. The third kappa shape index (κ3) is 2.11. The van der Waals surface area contributed by atoms with Gasteiger partial charge in [-0.05, 0) is 25.5 Å². The Labute approximate surface area is 80.7 Å². The molecule has 1 heteroatoms. The van der Waals surface area contributed by atoms with Gasteiger partial charge in [-0.2, -0.15) is 0 Å². The zero-order valence-corrected chi connectivity index (χ0v) is 8.89. The van der Waals surface area contributed by atoms with E-state index in [1.165, 1.54) is 16.7 Å². The Balaban J connectivity index is 3.13. The minimum atomic E-state index is 1.07. The maximum atomic E-state index is 4.05. The van der Waals surface area contributed by atoms with Crippen molar-refractivity contribution in [2.75, 3.05) is 14.1 Å². The Kier molecular flexibility index (Phi) is 2.76. The zero-order valence-electron chi connectivity index (χ0n) is 8.89. The Morgan fingerprint density at radius 2 is 1.85 bits per heavy atom. The summed E-state index contributed by atoms with van der Waals surface area (Å²) in [4.78, 5) is 2.04. The standard InChI is InChI=1S/C12H17N/c1-9-6-7-10(2)12(8-9)11(3)13(4)5/h6-8H,3H2,1-2,4-5H3. The summed E-state index contributed by atoms with van der Waals surface area (Å²) in [6.07, 6.45) is 0. The van der Waals surface area contributed by atoms with Crippen LogP contribution in [0.4, 0.5) is 0 Å². The summed E-state index contributed by atoms with van der Waals surface area (Å²) in [5.74, 6) is 0. The van der Waals surface area contributed by atoms with E-state index < -0.39 is 0 Å². The molecule has 1 aromatic rings. The van der Waals surface area contributed by atoms with Crippen molar-refractivity contribution in [1.29, 1.82) is 0 Å². The third-order valence-electron chi connectivity index (χ3n) is 2.24. The molecule has 0 amide bonds. The van der Waals surface area contributed by atoms with Crippen LogP contribution in [0.15, 0.2) is 24.8 Å². The fourth-order valence-corrected chi connectivity index (χ4v) is 1.29. The van der Waals surface area contributed by atoms with Crippen LogP contribution >= 0.6 is 0 Å². The summed E-state index contributed by atoms with van der Waals surface area (Å²) in [7, 11) is 4.04. The molecule has 13 heavy (non-hydrogen) atoms. The van der Waals surface area contributed by atoms with Crippen molar-refractivity contribution in [1.82, 2.24) is 4.90 Å². The second-order valence-electron chi connectivity index (χ2n) is 3.66. The molecule has 0 radical (unpaired) electrons. The minimum absolute atomic E-state index is 1.07. The van der Waals surface area contributed by atoms with E-state index in [9.17, 15) is 0 Å². The summed E-state index contributed by atoms with van der Waals surface area (Å²) in [6, 6.07) is 6.44. The highest BCUT2D eigenvalue weighted by atomic mass is 15.1. The first-order chi connectivity index (χ1) is 6.02. The molecule has 0 N–H and O–H groups in total. The third-order valence-corrected chi connectivity index (χ3v) is 2.24. The highest BCUT2D eigenvalue weighted by Gasteiger charge is 2.04. The molecule has 0 atom stereocenters. The van der Waals surface area contributed by atoms with E-state index >= 15 is 0 Å². The lowest BCUT2D eigenvalue weighted by Gasteiger charge is -2.18. The van der Waals surface area contributed by atoms with E-state index in [1.807, 2.05) is 19.0 Å². The van der Waals surface area contributed by atoms with E-state index in [2.05, 4.69) is 38.6 Å². The van der Waals surface area contributed by atoms with Crippen LogP contribution in [0.2, 0.25) is 0 Å². The van der Waals surface area contributed by atoms with Crippen LogP contribution in [-0.4, -0.2) is 19.0 Å². The summed E-state index contributed by atoms with van der Waals surface area (Å²) < 4.78 is 0. The van der Waals surface area contributed by atoms with Crippen LogP contribution in [0.25, 0.3) is 5.70 Å². The van der Waals surface area contributed by atoms with Gasteiger partial charge < -0.3 is 4.90 Å². The molecule has 0 unspecified atom stereocenters. The summed E-state index contributed by atoms with van der Waals surface area (Å²) in [5, 5.41) is 0. The SMILES string of the molecule is C=C(c1cc(C)ccc1C)N(C)C. The number of benzene rings is 1. The van der Waals surface area contributed by atoms with Crippen molar-refractivity contribution < 1.29 is 0 Å². The number of hydrogen-bond acceptors (Lipinski definition) is 1. The maximum absolute atomic E-state index is 4.05. The molecule has 1 nitrogen and oxygen atoms in total. The average Bonchev–Trinajstić information content (AvgIpc) is 2.08. The van der Waals surface area contributed by atoms with Crippen molar-refractivity contribution in [3.63, 3.8) is 0 Å². The number of aryl methyl sites for hydroxylation is 2. The van der Waals surface area contributed by atoms with Crippen LogP contribution in [0.1, 0.15) is 16.7 Å². The molecule has 0 spiro atoms. The molecule has 0 aliphatic rings. The first-order valence-corrected chi connectivity index (χ1v) is 4.46. The van der Waals surface area contributed by atoms with Gasteiger partial charge in [0.15, 0.2) is 0 Å². The van der Waals surface area contributed by atoms with E-state index in [0.717, 1.165) is 5.70 Å². The van der Waals surface area contributed by atoms with Crippen molar-refractivity contribution in [3.05, 3.63) is 41.5 Å². The topological polar surface area (TPSA) is 3.24 Å².